The van der Waals surface area contributed by atoms with Crippen LogP contribution in [-0.4, -0.2) is 19.3 Å². The molecule has 1 N–H and O–H groups in total. The van der Waals surface area contributed by atoms with Gasteiger partial charge in [0.25, 0.3) is 0 Å². The van der Waals surface area contributed by atoms with Crippen molar-refractivity contribution in [3.8, 4) is 11.5 Å². The highest BCUT2D eigenvalue weighted by Gasteiger charge is 2.06. The molecule has 0 saturated carbocycles. The summed E-state index contributed by atoms with van der Waals surface area (Å²) in [5.41, 5.74) is 1.19. The monoisotopic (exact) mass is 285 g/mol. The topological polar surface area (TPSA) is 30.5 Å². The van der Waals surface area contributed by atoms with E-state index in [2.05, 4.69) is 31.8 Å². The minimum atomic E-state index is 0. The molecule has 0 aromatic heterocycles. The van der Waals surface area contributed by atoms with Crippen molar-refractivity contribution in [2.45, 2.75) is 33.4 Å². The molecule has 1 aromatic rings. The van der Waals surface area contributed by atoms with Crippen LogP contribution in [0.15, 0.2) is 30.9 Å². The van der Waals surface area contributed by atoms with Gasteiger partial charge in [0.2, 0.25) is 0 Å². The summed E-state index contributed by atoms with van der Waals surface area (Å²) in [6, 6.07) is 6.50. The average molecular weight is 286 g/mol. The third kappa shape index (κ3) is 6.50. The Morgan fingerprint density at radius 3 is 2.58 bits per heavy atom. The Balaban J connectivity index is 0.00000324. The van der Waals surface area contributed by atoms with Crippen molar-refractivity contribution in [3.63, 3.8) is 0 Å². The van der Waals surface area contributed by atoms with Gasteiger partial charge in [0.1, 0.15) is 6.61 Å². The Morgan fingerprint density at radius 2 is 2.00 bits per heavy atom. The minimum absolute atomic E-state index is 0. The number of ether oxygens (including phenoxy) is 2. The lowest BCUT2D eigenvalue weighted by molar-refractivity contribution is 0.296. The molecule has 108 valence electrons. The van der Waals surface area contributed by atoms with E-state index in [-0.39, 0.29) is 12.4 Å². The number of benzene rings is 1. The summed E-state index contributed by atoms with van der Waals surface area (Å²) >= 11 is 0. The Morgan fingerprint density at radius 1 is 1.26 bits per heavy atom. The van der Waals surface area contributed by atoms with Crippen molar-refractivity contribution in [1.29, 1.82) is 0 Å². The highest BCUT2D eigenvalue weighted by Crippen LogP contribution is 2.28. The molecular formula is C15H24ClNO2. The predicted octanol–water partition coefficient (Wildman–Crippen LogP) is 3.57. The van der Waals surface area contributed by atoms with Crippen LogP contribution in [0, 0.1) is 0 Å². The predicted molar refractivity (Wildman–Crippen MR) is 82.5 cm³/mol. The van der Waals surface area contributed by atoms with Gasteiger partial charge in [-0.3, -0.25) is 0 Å². The van der Waals surface area contributed by atoms with Crippen molar-refractivity contribution < 1.29 is 9.47 Å². The summed E-state index contributed by atoms with van der Waals surface area (Å²) in [7, 11) is 0. The quantitative estimate of drug-likeness (QED) is 0.741. The molecule has 0 bridgehead atoms. The molecule has 0 unspecified atom stereocenters. The lowest BCUT2D eigenvalue weighted by Gasteiger charge is -2.13. The Labute approximate surface area is 122 Å². The summed E-state index contributed by atoms with van der Waals surface area (Å²) in [6.45, 7) is 11.8. The first-order valence-corrected chi connectivity index (χ1v) is 6.40. The fourth-order valence-electron chi connectivity index (χ4n) is 1.52. The van der Waals surface area contributed by atoms with Gasteiger partial charge in [-0.1, -0.05) is 32.6 Å². The van der Waals surface area contributed by atoms with Crippen LogP contribution in [0.3, 0.4) is 0 Å². The van der Waals surface area contributed by atoms with Gasteiger partial charge in [0, 0.05) is 12.6 Å². The molecule has 1 aromatic carbocycles. The molecule has 0 saturated heterocycles. The van der Waals surface area contributed by atoms with Crippen molar-refractivity contribution in [3.05, 3.63) is 36.4 Å². The van der Waals surface area contributed by atoms with Gasteiger partial charge >= 0.3 is 0 Å². The second kappa shape index (κ2) is 9.70. The molecule has 0 radical (unpaired) electrons. The maximum absolute atomic E-state index is 5.59. The van der Waals surface area contributed by atoms with Crippen LogP contribution >= 0.6 is 12.4 Å². The first kappa shape index (κ1) is 17.8. The number of nitrogens with one attached hydrogen (secondary N) is 1. The minimum Gasteiger partial charge on any atom is -0.490 e. The van der Waals surface area contributed by atoms with Gasteiger partial charge in [-0.2, -0.15) is 0 Å². The van der Waals surface area contributed by atoms with E-state index in [4.69, 9.17) is 9.47 Å². The third-order valence-corrected chi connectivity index (χ3v) is 2.38. The van der Waals surface area contributed by atoms with E-state index < -0.39 is 0 Å². The maximum atomic E-state index is 5.59. The van der Waals surface area contributed by atoms with Crippen LogP contribution in [-0.2, 0) is 6.54 Å². The van der Waals surface area contributed by atoms with Crippen LogP contribution in [0.2, 0.25) is 0 Å². The smallest absolute Gasteiger partial charge is 0.161 e. The van der Waals surface area contributed by atoms with Crippen LogP contribution in [0.25, 0.3) is 0 Å². The van der Waals surface area contributed by atoms with E-state index in [9.17, 15) is 0 Å². The van der Waals surface area contributed by atoms with Crippen LogP contribution in [0.5, 0.6) is 11.5 Å². The molecule has 1 rings (SSSR count). The molecule has 0 aliphatic carbocycles. The highest BCUT2D eigenvalue weighted by atomic mass is 35.5. The number of halogens is 1. The Hall–Kier alpha value is -1.19. The fourth-order valence-corrected chi connectivity index (χ4v) is 1.52. The van der Waals surface area contributed by atoms with Crippen LogP contribution in [0.4, 0.5) is 0 Å². The van der Waals surface area contributed by atoms with E-state index in [0.717, 1.165) is 18.0 Å². The molecule has 0 amide bonds. The van der Waals surface area contributed by atoms with Crippen LogP contribution < -0.4 is 14.8 Å². The molecule has 0 fully saturated rings. The zero-order chi connectivity index (χ0) is 13.4. The van der Waals surface area contributed by atoms with Gasteiger partial charge in [0.15, 0.2) is 11.5 Å². The summed E-state index contributed by atoms with van der Waals surface area (Å²) in [5.74, 6) is 1.56. The highest BCUT2D eigenvalue weighted by molar-refractivity contribution is 5.85. The van der Waals surface area contributed by atoms with Gasteiger partial charge < -0.3 is 14.8 Å². The lowest BCUT2D eigenvalue weighted by Crippen LogP contribution is -2.21. The maximum Gasteiger partial charge on any atom is 0.161 e. The standard InChI is InChI=1S/C15H23NO2.ClH/c1-5-9-18-14-8-7-13(11-16-12(3)4)10-15(14)17-6-2;/h5,7-8,10,12,16H,1,6,9,11H2,2-4H3;1H. The summed E-state index contributed by atoms with van der Waals surface area (Å²) < 4.78 is 11.2. The van der Waals surface area contributed by atoms with Crippen molar-refractivity contribution in [1.82, 2.24) is 5.32 Å². The van der Waals surface area contributed by atoms with Gasteiger partial charge in [-0.15, -0.1) is 12.4 Å². The first-order chi connectivity index (χ1) is 8.67. The van der Waals surface area contributed by atoms with Gasteiger partial charge in [-0.25, -0.2) is 0 Å². The zero-order valence-electron chi connectivity index (χ0n) is 11.9. The molecule has 0 aliphatic rings. The summed E-state index contributed by atoms with van der Waals surface area (Å²) in [5, 5.41) is 3.38. The summed E-state index contributed by atoms with van der Waals surface area (Å²) in [4.78, 5) is 0. The number of hydrogen-bond acceptors (Lipinski definition) is 3. The number of hydrogen-bond donors (Lipinski definition) is 1. The normalized spacial score (nSPS) is 9.89. The van der Waals surface area contributed by atoms with Crippen molar-refractivity contribution in [2.24, 2.45) is 0 Å². The molecule has 0 heterocycles. The fraction of sp³-hybridized carbons (Fsp3) is 0.467. The third-order valence-electron chi connectivity index (χ3n) is 2.38. The van der Waals surface area contributed by atoms with E-state index in [1.54, 1.807) is 6.08 Å². The molecular weight excluding hydrogens is 262 g/mol. The van der Waals surface area contributed by atoms with Crippen molar-refractivity contribution >= 4 is 12.4 Å². The van der Waals surface area contributed by atoms with Gasteiger partial charge in [0.05, 0.1) is 6.61 Å². The first-order valence-electron chi connectivity index (χ1n) is 6.40. The SMILES string of the molecule is C=CCOc1ccc(CNC(C)C)cc1OCC.Cl. The molecule has 0 atom stereocenters. The number of rotatable bonds is 8. The van der Waals surface area contributed by atoms with E-state index in [0.29, 0.717) is 19.3 Å². The molecule has 3 nitrogen and oxygen atoms in total. The van der Waals surface area contributed by atoms with Crippen LogP contribution in [0.1, 0.15) is 26.3 Å². The van der Waals surface area contributed by atoms with E-state index in [1.807, 2.05) is 19.1 Å². The zero-order valence-corrected chi connectivity index (χ0v) is 12.8. The molecule has 4 heteroatoms. The average Bonchev–Trinajstić information content (AvgIpc) is 2.35. The van der Waals surface area contributed by atoms with E-state index in [1.165, 1.54) is 5.56 Å². The molecule has 19 heavy (non-hydrogen) atoms. The molecule has 0 aliphatic heterocycles. The Bertz CT molecular complexity index is 380. The Kier molecular flexibility index (Phi) is 9.09. The second-order valence-electron chi connectivity index (χ2n) is 4.35. The molecule has 0 spiro atoms. The van der Waals surface area contributed by atoms with E-state index >= 15 is 0 Å². The second-order valence-corrected chi connectivity index (χ2v) is 4.35. The lowest BCUT2D eigenvalue weighted by atomic mass is 10.2. The summed E-state index contributed by atoms with van der Waals surface area (Å²) in [6.07, 6.45) is 1.73. The van der Waals surface area contributed by atoms with Crippen molar-refractivity contribution in [2.75, 3.05) is 13.2 Å². The largest absolute Gasteiger partial charge is 0.490 e. The van der Waals surface area contributed by atoms with Gasteiger partial charge in [-0.05, 0) is 24.6 Å².